The molecule has 1 aromatic carbocycles. The van der Waals surface area contributed by atoms with Gasteiger partial charge in [-0.25, -0.2) is 9.67 Å². The molecular weight excluding hydrogens is 238 g/mol. The van der Waals surface area contributed by atoms with Crippen molar-refractivity contribution in [2.24, 2.45) is 0 Å². The highest BCUT2D eigenvalue weighted by atomic mass is 16.3. The molecule has 0 aliphatic carbocycles. The molecule has 0 spiro atoms. The Bertz CT molecular complexity index is 493. The number of benzene rings is 1. The summed E-state index contributed by atoms with van der Waals surface area (Å²) in [6.07, 6.45) is 3.71. The van der Waals surface area contributed by atoms with E-state index in [2.05, 4.69) is 23.9 Å². The molecule has 0 aliphatic rings. The number of rotatable bonds is 6. The molecule has 2 rings (SSSR count). The number of aryl methyl sites for hydroxylation is 1. The van der Waals surface area contributed by atoms with Crippen molar-refractivity contribution in [1.29, 1.82) is 0 Å². The highest BCUT2D eigenvalue weighted by Crippen LogP contribution is 2.19. The number of aromatic nitrogens is 3. The van der Waals surface area contributed by atoms with Gasteiger partial charge in [0.05, 0.1) is 6.10 Å². The first-order valence-electron chi connectivity index (χ1n) is 6.80. The van der Waals surface area contributed by atoms with Gasteiger partial charge in [-0.3, -0.25) is 0 Å². The van der Waals surface area contributed by atoms with Crippen LogP contribution in [0.1, 0.15) is 50.2 Å². The topological polar surface area (TPSA) is 50.9 Å². The van der Waals surface area contributed by atoms with E-state index in [4.69, 9.17) is 0 Å². The summed E-state index contributed by atoms with van der Waals surface area (Å²) in [5, 5.41) is 14.3. The Morgan fingerprint density at radius 1 is 1.21 bits per heavy atom. The van der Waals surface area contributed by atoms with Crippen LogP contribution in [0.3, 0.4) is 0 Å². The summed E-state index contributed by atoms with van der Waals surface area (Å²) in [7, 11) is 0. The number of nitrogens with zero attached hydrogens (tertiary/aromatic N) is 3. The van der Waals surface area contributed by atoms with Gasteiger partial charge in [-0.1, -0.05) is 30.3 Å². The minimum absolute atomic E-state index is 0.330. The molecule has 1 aromatic heterocycles. The maximum absolute atomic E-state index is 10.1. The molecule has 0 saturated heterocycles. The minimum Gasteiger partial charge on any atom is -0.388 e. The molecule has 0 radical (unpaired) electrons. The zero-order valence-electron chi connectivity index (χ0n) is 11.5. The summed E-state index contributed by atoms with van der Waals surface area (Å²) in [5.41, 5.74) is 0.979. The molecule has 1 N–H and O–H groups in total. The van der Waals surface area contributed by atoms with Gasteiger partial charge in [0.25, 0.3) is 0 Å². The molecule has 0 fully saturated rings. The fourth-order valence-electron chi connectivity index (χ4n) is 2.18. The van der Waals surface area contributed by atoms with Gasteiger partial charge in [-0.05, 0) is 32.3 Å². The summed E-state index contributed by atoms with van der Waals surface area (Å²) >= 11 is 0. The first kappa shape index (κ1) is 13.7. The van der Waals surface area contributed by atoms with Crippen molar-refractivity contribution in [2.75, 3.05) is 0 Å². The van der Waals surface area contributed by atoms with Crippen LogP contribution in [0, 0.1) is 0 Å². The van der Waals surface area contributed by atoms with Crippen LogP contribution in [0.2, 0.25) is 0 Å². The fraction of sp³-hybridized carbons (Fsp3) is 0.467. The van der Waals surface area contributed by atoms with Crippen molar-refractivity contribution in [3.63, 3.8) is 0 Å². The lowest BCUT2D eigenvalue weighted by Gasteiger charge is -2.12. The predicted octanol–water partition coefficient (Wildman–Crippen LogP) is 2.92. The Kier molecular flexibility index (Phi) is 4.68. The molecular formula is C15H21N3O. The van der Waals surface area contributed by atoms with Crippen molar-refractivity contribution < 1.29 is 5.11 Å². The normalized spacial score (nSPS) is 12.8. The van der Waals surface area contributed by atoms with Crippen LogP contribution in [0.4, 0.5) is 0 Å². The lowest BCUT2D eigenvalue weighted by Crippen LogP contribution is -2.08. The second-order valence-electron chi connectivity index (χ2n) is 5.03. The Balaban J connectivity index is 1.85. The third-order valence-corrected chi connectivity index (χ3v) is 3.20. The van der Waals surface area contributed by atoms with Crippen LogP contribution in [0.5, 0.6) is 0 Å². The van der Waals surface area contributed by atoms with Gasteiger partial charge in [0.1, 0.15) is 12.2 Å². The van der Waals surface area contributed by atoms with Gasteiger partial charge in [-0.15, -0.1) is 0 Å². The fourth-order valence-corrected chi connectivity index (χ4v) is 2.18. The zero-order valence-corrected chi connectivity index (χ0v) is 11.5. The molecule has 102 valence electrons. The van der Waals surface area contributed by atoms with Gasteiger partial charge < -0.3 is 5.11 Å². The van der Waals surface area contributed by atoms with Crippen LogP contribution in [-0.2, 0) is 6.42 Å². The van der Waals surface area contributed by atoms with E-state index in [0.29, 0.717) is 6.04 Å². The average Bonchev–Trinajstić information content (AvgIpc) is 2.88. The third kappa shape index (κ3) is 3.64. The van der Waals surface area contributed by atoms with Gasteiger partial charge in [0.2, 0.25) is 0 Å². The molecule has 0 saturated carbocycles. The van der Waals surface area contributed by atoms with E-state index >= 15 is 0 Å². The van der Waals surface area contributed by atoms with Gasteiger partial charge in [-0.2, -0.15) is 5.10 Å². The van der Waals surface area contributed by atoms with Crippen molar-refractivity contribution >= 4 is 0 Å². The minimum atomic E-state index is -0.392. The molecule has 4 heteroatoms. The second-order valence-corrected chi connectivity index (χ2v) is 5.03. The third-order valence-electron chi connectivity index (χ3n) is 3.20. The molecule has 4 nitrogen and oxygen atoms in total. The summed E-state index contributed by atoms with van der Waals surface area (Å²) < 4.78 is 1.94. The highest BCUT2D eigenvalue weighted by Gasteiger charge is 2.10. The summed E-state index contributed by atoms with van der Waals surface area (Å²) in [6, 6.07) is 10.1. The maximum Gasteiger partial charge on any atom is 0.138 e. The van der Waals surface area contributed by atoms with E-state index in [0.717, 1.165) is 30.7 Å². The van der Waals surface area contributed by atoms with E-state index in [1.165, 1.54) is 0 Å². The number of aliphatic hydroxyl groups is 1. The van der Waals surface area contributed by atoms with Crippen LogP contribution >= 0.6 is 0 Å². The van der Waals surface area contributed by atoms with E-state index < -0.39 is 6.10 Å². The molecule has 0 aliphatic heterocycles. The van der Waals surface area contributed by atoms with E-state index in [1.807, 2.05) is 35.0 Å². The first-order valence-corrected chi connectivity index (χ1v) is 6.80. The highest BCUT2D eigenvalue weighted by molar-refractivity contribution is 5.17. The Morgan fingerprint density at radius 3 is 2.63 bits per heavy atom. The quantitative estimate of drug-likeness (QED) is 0.867. The SMILES string of the molecule is CC(C)n1ncnc1CCCC(O)c1ccccc1. The van der Waals surface area contributed by atoms with Gasteiger partial charge in [0.15, 0.2) is 0 Å². The number of hydrogen-bond donors (Lipinski definition) is 1. The summed E-state index contributed by atoms with van der Waals surface area (Å²) in [5.74, 6) is 0.996. The maximum atomic E-state index is 10.1. The summed E-state index contributed by atoms with van der Waals surface area (Å²) in [6.45, 7) is 4.19. The van der Waals surface area contributed by atoms with E-state index in [9.17, 15) is 5.11 Å². The standard InChI is InChI=1S/C15H21N3O/c1-12(2)18-15(16-11-17-18)10-6-9-14(19)13-7-4-3-5-8-13/h3-5,7-8,11-12,14,19H,6,9-10H2,1-2H3. The van der Waals surface area contributed by atoms with Crippen molar-refractivity contribution in [1.82, 2.24) is 14.8 Å². The summed E-state index contributed by atoms with van der Waals surface area (Å²) in [4.78, 5) is 4.28. The second kappa shape index (κ2) is 6.48. The lowest BCUT2D eigenvalue weighted by atomic mass is 10.0. The Labute approximate surface area is 114 Å². The Morgan fingerprint density at radius 2 is 1.95 bits per heavy atom. The zero-order chi connectivity index (χ0) is 13.7. The molecule has 1 atom stereocenters. The molecule has 1 unspecified atom stereocenters. The molecule has 19 heavy (non-hydrogen) atoms. The molecule has 2 aromatic rings. The smallest absolute Gasteiger partial charge is 0.138 e. The van der Waals surface area contributed by atoms with Crippen molar-refractivity contribution in [3.8, 4) is 0 Å². The van der Waals surface area contributed by atoms with Crippen molar-refractivity contribution in [3.05, 3.63) is 48.0 Å². The number of hydrogen-bond acceptors (Lipinski definition) is 3. The molecule has 1 heterocycles. The molecule has 0 amide bonds. The van der Waals surface area contributed by atoms with Crippen molar-refractivity contribution in [2.45, 2.75) is 45.3 Å². The van der Waals surface area contributed by atoms with Crippen LogP contribution < -0.4 is 0 Å². The van der Waals surface area contributed by atoms with E-state index in [-0.39, 0.29) is 0 Å². The Hall–Kier alpha value is -1.68. The largest absolute Gasteiger partial charge is 0.388 e. The predicted molar refractivity (Wildman–Crippen MR) is 74.7 cm³/mol. The van der Waals surface area contributed by atoms with E-state index in [1.54, 1.807) is 6.33 Å². The lowest BCUT2D eigenvalue weighted by molar-refractivity contribution is 0.164. The first-order chi connectivity index (χ1) is 9.18. The monoisotopic (exact) mass is 259 g/mol. The van der Waals surface area contributed by atoms with Crippen LogP contribution in [-0.4, -0.2) is 19.9 Å². The van der Waals surface area contributed by atoms with Crippen LogP contribution in [0.25, 0.3) is 0 Å². The van der Waals surface area contributed by atoms with Crippen LogP contribution in [0.15, 0.2) is 36.7 Å². The van der Waals surface area contributed by atoms with Gasteiger partial charge >= 0.3 is 0 Å². The average molecular weight is 259 g/mol. The van der Waals surface area contributed by atoms with Gasteiger partial charge in [0, 0.05) is 12.5 Å². The number of aliphatic hydroxyl groups excluding tert-OH is 1. The molecule has 0 bridgehead atoms.